The lowest BCUT2D eigenvalue weighted by atomic mass is 10.0. The number of ether oxygens (including phenoxy) is 1. The first-order valence-electron chi connectivity index (χ1n) is 10.6. The van der Waals surface area contributed by atoms with Crippen LogP contribution in [-0.2, 0) is 6.18 Å². The number of nitrogens with two attached hydrogens (primary N) is 1. The Hall–Kier alpha value is -4.05. The molecule has 0 aliphatic rings. The molecular formula is C25H19F3N4O2S. The molecule has 0 saturated carbocycles. The number of carbonyl (C=O) groups excluding carboxylic acids is 1. The molecule has 1 unspecified atom stereocenters. The van der Waals surface area contributed by atoms with Crippen LogP contribution in [0.3, 0.4) is 0 Å². The number of fused-ring (bicyclic) bond motifs is 1. The SMILES string of the molecule is CC(Oc1cc(-n2cnc3cc(-c4ccc[nH]4)ccc32)sc1C(N)=O)c1ccccc1C(F)(F)F. The number of nitrogens with one attached hydrogen (secondary N) is 1. The number of imidazole rings is 1. The zero-order chi connectivity index (χ0) is 24.7. The lowest BCUT2D eigenvalue weighted by Crippen LogP contribution is -2.15. The number of rotatable bonds is 6. The number of aromatic nitrogens is 3. The lowest BCUT2D eigenvalue weighted by molar-refractivity contribution is -0.138. The Kier molecular flexibility index (Phi) is 5.60. The largest absolute Gasteiger partial charge is 0.484 e. The van der Waals surface area contributed by atoms with Crippen molar-refractivity contribution in [2.24, 2.45) is 5.73 Å². The van der Waals surface area contributed by atoms with E-state index in [9.17, 15) is 18.0 Å². The molecule has 10 heteroatoms. The van der Waals surface area contributed by atoms with E-state index in [-0.39, 0.29) is 16.2 Å². The van der Waals surface area contributed by atoms with Gasteiger partial charge in [0.25, 0.3) is 5.91 Å². The molecular weight excluding hydrogens is 477 g/mol. The minimum atomic E-state index is -4.53. The summed E-state index contributed by atoms with van der Waals surface area (Å²) < 4.78 is 48.1. The molecule has 178 valence electrons. The van der Waals surface area contributed by atoms with Gasteiger partial charge in [-0.05, 0) is 37.3 Å². The number of thiophene rings is 1. The molecule has 35 heavy (non-hydrogen) atoms. The second-order valence-corrected chi connectivity index (χ2v) is 8.92. The molecule has 0 aliphatic heterocycles. The van der Waals surface area contributed by atoms with E-state index in [0.717, 1.165) is 39.7 Å². The maximum atomic E-state index is 13.5. The van der Waals surface area contributed by atoms with Crippen molar-refractivity contribution in [1.29, 1.82) is 0 Å². The van der Waals surface area contributed by atoms with Gasteiger partial charge in [-0.3, -0.25) is 9.36 Å². The highest BCUT2D eigenvalue weighted by atomic mass is 32.1. The third-order valence-electron chi connectivity index (χ3n) is 5.61. The van der Waals surface area contributed by atoms with Gasteiger partial charge in [-0.25, -0.2) is 4.98 Å². The van der Waals surface area contributed by atoms with Crippen molar-refractivity contribution in [3.05, 3.63) is 89.2 Å². The quantitative estimate of drug-likeness (QED) is 0.288. The van der Waals surface area contributed by atoms with Gasteiger partial charge in [-0.2, -0.15) is 13.2 Å². The van der Waals surface area contributed by atoms with Crippen molar-refractivity contribution in [3.63, 3.8) is 0 Å². The molecule has 0 bridgehead atoms. The summed E-state index contributed by atoms with van der Waals surface area (Å²) >= 11 is 1.08. The number of aromatic amines is 1. The van der Waals surface area contributed by atoms with E-state index in [2.05, 4.69) is 9.97 Å². The second-order valence-electron chi connectivity index (χ2n) is 7.89. The zero-order valence-corrected chi connectivity index (χ0v) is 19.2. The third kappa shape index (κ3) is 4.28. The van der Waals surface area contributed by atoms with Gasteiger partial charge in [0.05, 0.1) is 16.6 Å². The maximum Gasteiger partial charge on any atom is 0.416 e. The van der Waals surface area contributed by atoms with Crippen molar-refractivity contribution < 1.29 is 22.7 Å². The monoisotopic (exact) mass is 496 g/mol. The Bertz CT molecular complexity index is 1520. The molecule has 0 radical (unpaired) electrons. The molecule has 5 rings (SSSR count). The van der Waals surface area contributed by atoms with Gasteiger partial charge in [-0.15, -0.1) is 11.3 Å². The van der Waals surface area contributed by atoms with Crippen molar-refractivity contribution >= 4 is 28.3 Å². The first-order valence-corrected chi connectivity index (χ1v) is 11.4. The summed E-state index contributed by atoms with van der Waals surface area (Å²) in [5, 5.41) is 0.597. The van der Waals surface area contributed by atoms with Crippen molar-refractivity contribution in [2.45, 2.75) is 19.2 Å². The summed E-state index contributed by atoms with van der Waals surface area (Å²) in [5.41, 5.74) is 8.20. The summed E-state index contributed by atoms with van der Waals surface area (Å²) in [6.07, 6.45) is -2.05. The summed E-state index contributed by atoms with van der Waals surface area (Å²) in [6, 6.07) is 16.4. The molecule has 3 aromatic heterocycles. The van der Waals surface area contributed by atoms with Crippen LogP contribution in [0.15, 0.2) is 73.2 Å². The van der Waals surface area contributed by atoms with E-state index in [1.54, 1.807) is 17.0 Å². The predicted octanol–water partition coefficient (Wildman–Crippen LogP) is 6.34. The number of carbonyl (C=O) groups is 1. The average Bonchev–Trinajstić information content (AvgIpc) is 3.57. The Morgan fingerprint density at radius 1 is 1.14 bits per heavy atom. The van der Waals surface area contributed by atoms with E-state index in [0.29, 0.717) is 5.00 Å². The average molecular weight is 497 g/mol. The number of hydrogen-bond acceptors (Lipinski definition) is 4. The number of nitrogens with zero attached hydrogens (tertiary/aromatic N) is 2. The normalized spacial score (nSPS) is 12.7. The molecule has 0 spiro atoms. The minimum absolute atomic E-state index is 0.0342. The van der Waals surface area contributed by atoms with Gasteiger partial charge >= 0.3 is 6.18 Å². The van der Waals surface area contributed by atoms with Gasteiger partial charge in [0, 0.05) is 29.1 Å². The van der Waals surface area contributed by atoms with Crippen LogP contribution in [0, 0.1) is 0 Å². The molecule has 2 aromatic carbocycles. The maximum absolute atomic E-state index is 13.5. The van der Waals surface area contributed by atoms with Gasteiger partial charge < -0.3 is 15.5 Å². The van der Waals surface area contributed by atoms with Crippen LogP contribution in [0.25, 0.3) is 27.3 Å². The summed E-state index contributed by atoms with van der Waals surface area (Å²) in [5.74, 6) is -0.613. The van der Waals surface area contributed by atoms with E-state index < -0.39 is 23.8 Å². The van der Waals surface area contributed by atoms with Gasteiger partial charge in [0.15, 0.2) is 0 Å². The van der Waals surface area contributed by atoms with Crippen molar-refractivity contribution in [2.75, 3.05) is 0 Å². The zero-order valence-electron chi connectivity index (χ0n) is 18.3. The van der Waals surface area contributed by atoms with Crippen molar-refractivity contribution in [3.8, 4) is 22.0 Å². The number of alkyl halides is 3. The van der Waals surface area contributed by atoms with Gasteiger partial charge in [0.1, 0.15) is 28.1 Å². The molecule has 3 N–H and O–H groups in total. The highest BCUT2D eigenvalue weighted by Gasteiger charge is 2.35. The molecule has 5 aromatic rings. The molecule has 1 amide bonds. The van der Waals surface area contributed by atoms with Crippen LogP contribution in [0.4, 0.5) is 13.2 Å². The van der Waals surface area contributed by atoms with Gasteiger partial charge in [-0.1, -0.05) is 24.3 Å². The van der Waals surface area contributed by atoms with Crippen molar-refractivity contribution in [1.82, 2.24) is 14.5 Å². The summed E-state index contributed by atoms with van der Waals surface area (Å²) in [4.78, 5) is 19.9. The Morgan fingerprint density at radius 2 is 1.94 bits per heavy atom. The van der Waals surface area contributed by atoms with Crippen LogP contribution in [-0.4, -0.2) is 20.4 Å². The molecule has 6 nitrogen and oxygen atoms in total. The van der Waals surface area contributed by atoms with E-state index in [1.807, 2.05) is 36.5 Å². The molecule has 0 aliphatic carbocycles. The Balaban J connectivity index is 1.50. The van der Waals surface area contributed by atoms with Crippen LogP contribution >= 0.6 is 11.3 Å². The summed E-state index contributed by atoms with van der Waals surface area (Å²) in [6.45, 7) is 1.50. The standard InChI is InChI=1S/C25H19F3N4O2S/c1-14(16-5-2-3-6-17(16)25(26,27)28)34-21-12-22(35-23(21)24(29)33)32-13-31-19-11-15(8-9-20(19)32)18-7-4-10-30-18/h2-14,30H,1H3,(H2,29,33). The number of primary amides is 1. The fourth-order valence-electron chi connectivity index (χ4n) is 3.97. The minimum Gasteiger partial charge on any atom is -0.484 e. The first-order chi connectivity index (χ1) is 16.7. The third-order valence-corrected chi connectivity index (χ3v) is 6.74. The van der Waals surface area contributed by atoms with E-state index in [4.69, 9.17) is 10.5 Å². The van der Waals surface area contributed by atoms with Crippen LogP contribution in [0.2, 0.25) is 0 Å². The second kappa shape index (κ2) is 8.62. The number of hydrogen-bond donors (Lipinski definition) is 2. The van der Waals surface area contributed by atoms with Gasteiger partial charge in [0.2, 0.25) is 0 Å². The predicted molar refractivity (Wildman–Crippen MR) is 128 cm³/mol. The molecule has 3 heterocycles. The van der Waals surface area contributed by atoms with Crippen LogP contribution in [0.1, 0.15) is 33.8 Å². The topological polar surface area (TPSA) is 85.9 Å². The number of halogens is 3. The summed E-state index contributed by atoms with van der Waals surface area (Å²) in [7, 11) is 0. The van der Waals surface area contributed by atoms with E-state index >= 15 is 0 Å². The molecule has 1 atom stereocenters. The van der Waals surface area contributed by atoms with Crippen LogP contribution in [0.5, 0.6) is 5.75 Å². The van der Waals surface area contributed by atoms with E-state index in [1.165, 1.54) is 25.1 Å². The molecule has 0 saturated heterocycles. The molecule has 0 fully saturated rings. The highest BCUT2D eigenvalue weighted by Crippen LogP contribution is 2.39. The highest BCUT2D eigenvalue weighted by molar-refractivity contribution is 7.16. The number of H-pyrrole nitrogens is 1. The first kappa shape index (κ1) is 22.7. The smallest absolute Gasteiger partial charge is 0.416 e. The lowest BCUT2D eigenvalue weighted by Gasteiger charge is -2.19. The fourth-order valence-corrected chi connectivity index (χ4v) is 4.90. The Labute approximate surface area is 201 Å². The van der Waals surface area contributed by atoms with Crippen LogP contribution < -0.4 is 10.5 Å². The number of benzene rings is 2. The fraction of sp³-hybridized carbons (Fsp3) is 0.120. The number of amides is 1. The Morgan fingerprint density at radius 3 is 2.66 bits per heavy atom.